The summed E-state index contributed by atoms with van der Waals surface area (Å²) in [5, 5.41) is 9.51. The molecule has 1 aliphatic rings. The molecule has 1 aliphatic heterocycles. The highest BCUT2D eigenvalue weighted by Gasteiger charge is 2.18. The average molecular weight is 322 g/mol. The first kappa shape index (κ1) is 14.5. The van der Waals surface area contributed by atoms with Gasteiger partial charge in [-0.1, -0.05) is 29.8 Å². The summed E-state index contributed by atoms with van der Waals surface area (Å²) >= 11 is 7.60. The highest BCUT2D eigenvalue weighted by atomic mass is 35.5. The molecule has 1 amide bonds. The number of hydrogen-bond donors (Lipinski definition) is 2. The van der Waals surface area contributed by atoms with E-state index in [0.29, 0.717) is 10.7 Å². The molecule has 0 unspecified atom stereocenters. The standard InChI is InChI=1S/C15H16ClN3OS/c16-12-6-2-1-5-11(12)15-19-13(9-21-15)14(20)18-10-4-3-7-17-8-10/h1-2,5-6,9-10,17H,3-4,7-8H2,(H,18,20)/t10-/m0/s1. The van der Waals surface area contributed by atoms with Crippen molar-refractivity contribution in [1.29, 1.82) is 0 Å². The fraction of sp³-hybridized carbons (Fsp3) is 0.333. The topological polar surface area (TPSA) is 54.0 Å². The SMILES string of the molecule is O=C(N[C@H]1CCCNC1)c1csc(-c2ccccc2Cl)n1. The number of rotatable bonds is 3. The number of aromatic nitrogens is 1. The number of carbonyl (C=O) groups is 1. The van der Waals surface area contributed by atoms with Gasteiger partial charge in [-0.05, 0) is 25.5 Å². The summed E-state index contributed by atoms with van der Waals surface area (Å²) in [7, 11) is 0. The van der Waals surface area contributed by atoms with E-state index in [0.717, 1.165) is 36.5 Å². The minimum Gasteiger partial charge on any atom is -0.347 e. The predicted octanol–water partition coefficient (Wildman–Crippen LogP) is 2.95. The van der Waals surface area contributed by atoms with Crippen molar-refractivity contribution >= 4 is 28.8 Å². The van der Waals surface area contributed by atoms with E-state index >= 15 is 0 Å². The zero-order chi connectivity index (χ0) is 14.7. The van der Waals surface area contributed by atoms with Gasteiger partial charge in [-0.15, -0.1) is 11.3 Å². The van der Waals surface area contributed by atoms with Gasteiger partial charge in [-0.2, -0.15) is 0 Å². The van der Waals surface area contributed by atoms with Crippen LogP contribution in [-0.4, -0.2) is 30.0 Å². The predicted molar refractivity (Wildman–Crippen MR) is 85.9 cm³/mol. The minimum atomic E-state index is -0.113. The van der Waals surface area contributed by atoms with E-state index in [2.05, 4.69) is 15.6 Å². The molecular weight excluding hydrogens is 306 g/mol. The van der Waals surface area contributed by atoms with Crippen molar-refractivity contribution in [2.45, 2.75) is 18.9 Å². The van der Waals surface area contributed by atoms with E-state index < -0.39 is 0 Å². The monoisotopic (exact) mass is 321 g/mol. The summed E-state index contributed by atoms with van der Waals surface area (Å²) in [6, 6.07) is 7.72. The largest absolute Gasteiger partial charge is 0.347 e. The van der Waals surface area contributed by atoms with Crippen LogP contribution in [0.1, 0.15) is 23.3 Å². The first-order valence-electron chi connectivity index (χ1n) is 6.96. The maximum Gasteiger partial charge on any atom is 0.271 e. The molecule has 0 saturated carbocycles. The third kappa shape index (κ3) is 3.43. The van der Waals surface area contributed by atoms with Crippen molar-refractivity contribution in [2.75, 3.05) is 13.1 Å². The normalized spacial score (nSPS) is 18.4. The molecule has 0 aliphatic carbocycles. The minimum absolute atomic E-state index is 0.113. The van der Waals surface area contributed by atoms with E-state index in [1.165, 1.54) is 11.3 Å². The fourth-order valence-electron chi connectivity index (χ4n) is 2.37. The number of halogens is 1. The Labute approximate surface area is 132 Å². The van der Waals surface area contributed by atoms with E-state index in [9.17, 15) is 4.79 Å². The number of thiazole rings is 1. The number of carbonyl (C=O) groups excluding carboxylic acids is 1. The zero-order valence-corrected chi connectivity index (χ0v) is 13.0. The van der Waals surface area contributed by atoms with Crippen LogP contribution in [0.2, 0.25) is 5.02 Å². The maximum absolute atomic E-state index is 12.2. The third-order valence-corrected chi connectivity index (χ3v) is 4.68. The summed E-state index contributed by atoms with van der Waals surface area (Å²) in [6.07, 6.45) is 2.10. The Balaban J connectivity index is 1.72. The second kappa shape index (κ2) is 6.56. The van der Waals surface area contributed by atoms with Gasteiger partial charge in [0.15, 0.2) is 0 Å². The lowest BCUT2D eigenvalue weighted by atomic mass is 10.1. The van der Waals surface area contributed by atoms with Gasteiger partial charge in [0.25, 0.3) is 5.91 Å². The Morgan fingerprint density at radius 2 is 2.29 bits per heavy atom. The molecule has 2 heterocycles. The first-order chi connectivity index (χ1) is 10.2. The van der Waals surface area contributed by atoms with Gasteiger partial charge in [0.05, 0.1) is 5.02 Å². The van der Waals surface area contributed by atoms with Crippen LogP contribution in [0.15, 0.2) is 29.6 Å². The Morgan fingerprint density at radius 3 is 3.05 bits per heavy atom. The van der Waals surface area contributed by atoms with Crippen LogP contribution in [0, 0.1) is 0 Å². The van der Waals surface area contributed by atoms with Crippen molar-refractivity contribution in [3.63, 3.8) is 0 Å². The average Bonchev–Trinajstić information content (AvgIpc) is 2.98. The van der Waals surface area contributed by atoms with E-state index in [1.54, 1.807) is 5.38 Å². The van der Waals surface area contributed by atoms with Crippen molar-refractivity contribution in [2.24, 2.45) is 0 Å². The highest BCUT2D eigenvalue weighted by molar-refractivity contribution is 7.13. The van der Waals surface area contributed by atoms with Crippen LogP contribution >= 0.6 is 22.9 Å². The molecule has 0 bridgehead atoms. The molecule has 3 rings (SSSR count). The van der Waals surface area contributed by atoms with Crippen molar-refractivity contribution < 1.29 is 4.79 Å². The summed E-state index contributed by atoms with van der Waals surface area (Å²) in [6.45, 7) is 1.85. The van der Waals surface area contributed by atoms with Gasteiger partial charge < -0.3 is 10.6 Å². The van der Waals surface area contributed by atoms with Crippen LogP contribution in [0.25, 0.3) is 10.6 Å². The highest BCUT2D eigenvalue weighted by Crippen LogP contribution is 2.30. The molecule has 1 atom stereocenters. The lowest BCUT2D eigenvalue weighted by Crippen LogP contribution is -2.45. The second-order valence-corrected chi connectivity index (χ2v) is 6.30. The van der Waals surface area contributed by atoms with Crippen LogP contribution in [0.3, 0.4) is 0 Å². The molecule has 1 aromatic carbocycles. The van der Waals surface area contributed by atoms with Gasteiger partial charge in [-0.3, -0.25) is 4.79 Å². The van der Waals surface area contributed by atoms with Crippen molar-refractivity contribution in [1.82, 2.24) is 15.6 Å². The van der Waals surface area contributed by atoms with Crippen molar-refractivity contribution in [3.8, 4) is 10.6 Å². The van der Waals surface area contributed by atoms with Crippen molar-refractivity contribution in [3.05, 3.63) is 40.4 Å². The summed E-state index contributed by atoms with van der Waals surface area (Å²) in [5.41, 5.74) is 1.32. The number of hydrogen-bond acceptors (Lipinski definition) is 4. The smallest absolute Gasteiger partial charge is 0.271 e. The maximum atomic E-state index is 12.2. The molecule has 110 valence electrons. The molecule has 0 spiro atoms. The second-order valence-electron chi connectivity index (χ2n) is 5.03. The van der Waals surface area contributed by atoms with Gasteiger partial charge in [0.1, 0.15) is 10.7 Å². The van der Waals surface area contributed by atoms with Crippen LogP contribution in [0.4, 0.5) is 0 Å². The quantitative estimate of drug-likeness (QED) is 0.914. The zero-order valence-electron chi connectivity index (χ0n) is 11.4. The van der Waals surface area contributed by atoms with Crippen LogP contribution in [-0.2, 0) is 0 Å². The van der Waals surface area contributed by atoms with Gasteiger partial charge in [0, 0.05) is 23.5 Å². The first-order valence-corrected chi connectivity index (χ1v) is 8.22. The molecule has 6 heteroatoms. The van der Waals surface area contributed by atoms with E-state index in [-0.39, 0.29) is 11.9 Å². The number of piperidine rings is 1. The molecule has 0 radical (unpaired) electrons. The Morgan fingerprint density at radius 1 is 1.43 bits per heavy atom. The lowest BCUT2D eigenvalue weighted by molar-refractivity contribution is 0.0926. The number of amides is 1. The Hall–Kier alpha value is -1.43. The lowest BCUT2D eigenvalue weighted by Gasteiger charge is -2.23. The van der Waals surface area contributed by atoms with E-state index in [1.807, 2.05) is 24.3 Å². The van der Waals surface area contributed by atoms with Crippen LogP contribution < -0.4 is 10.6 Å². The molecule has 1 aromatic heterocycles. The van der Waals surface area contributed by atoms with Gasteiger partial charge in [0.2, 0.25) is 0 Å². The van der Waals surface area contributed by atoms with Crippen LogP contribution in [0.5, 0.6) is 0 Å². The molecule has 2 N–H and O–H groups in total. The number of nitrogens with one attached hydrogen (secondary N) is 2. The summed E-state index contributed by atoms with van der Waals surface area (Å²) in [4.78, 5) is 16.6. The molecule has 21 heavy (non-hydrogen) atoms. The number of nitrogens with zero attached hydrogens (tertiary/aromatic N) is 1. The molecule has 4 nitrogen and oxygen atoms in total. The summed E-state index contributed by atoms with van der Waals surface area (Å²) in [5.74, 6) is -0.113. The molecule has 2 aromatic rings. The molecule has 1 fully saturated rings. The van der Waals surface area contributed by atoms with Gasteiger partial charge >= 0.3 is 0 Å². The molecule has 1 saturated heterocycles. The van der Waals surface area contributed by atoms with E-state index in [4.69, 9.17) is 11.6 Å². The molecular formula is C15H16ClN3OS. The Kier molecular flexibility index (Phi) is 4.53. The summed E-state index contributed by atoms with van der Waals surface area (Å²) < 4.78 is 0. The fourth-order valence-corrected chi connectivity index (χ4v) is 3.49. The number of benzene rings is 1. The Bertz CT molecular complexity index is 637. The van der Waals surface area contributed by atoms with Gasteiger partial charge in [-0.25, -0.2) is 4.98 Å². The third-order valence-electron chi connectivity index (χ3n) is 3.47.